The van der Waals surface area contributed by atoms with Crippen molar-refractivity contribution in [1.29, 1.82) is 0 Å². The first kappa shape index (κ1) is 17.2. The Kier molecular flexibility index (Phi) is 3.83. The van der Waals surface area contributed by atoms with E-state index in [9.17, 15) is 9.59 Å². The molecule has 0 aromatic carbocycles. The van der Waals surface area contributed by atoms with Gasteiger partial charge in [-0.25, -0.2) is 0 Å². The molecular weight excluding hydrogens is 419 g/mol. The van der Waals surface area contributed by atoms with Gasteiger partial charge in [-0.1, -0.05) is 52.5 Å². The summed E-state index contributed by atoms with van der Waals surface area (Å²) in [5, 5.41) is 0.320. The van der Waals surface area contributed by atoms with Gasteiger partial charge in [0.1, 0.15) is 9.75 Å². The van der Waals surface area contributed by atoms with Crippen molar-refractivity contribution in [3.05, 3.63) is 22.7 Å². The average molecular weight is 426 g/mol. The Morgan fingerprint density at radius 2 is 1.45 bits per heavy atom. The minimum absolute atomic E-state index is 0.0523. The van der Waals surface area contributed by atoms with Crippen LogP contribution in [0.2, 0.25) is 0 Å². The van der Waals surface area contributed by atoms with Crippen molar-refractivity contribution in [1.82, 2.24) is 5.06 Å². The van der Waals surface area contributed by atoms with Gasteiger partial charge in [-0.05, 0) is 0 Å². The second-order valence-electron chi connectivity index (χ2n) is 5.14. The van der Waals surface area contributed by atoms with E-state index in [0.717, 1.165) is 0 Å². The lowest BCUT2D eigenvalue weighted by Crippen LogP contribution is -2.50. The summed E-state index contributed by atoms with van der Waals surface area (Å²) in [4.78, 5) is 26.5. The van der Waals surface area contributed by atoms with Crippen molar-refractivity contribution in [2.24, 2.45) is 11.8 Å². The Morgan fingerprint density at radius 1 is 1.05 bits per heavy atom. The van der Waals surface area contributed by atoms with Crippen molar-refractivity contribution < 1.29 is 14.4 Å². The summed E-state index contributed by atoms with van der Waals surface area (Å²) in [7, 11) is 0. The van der Waals surface area contributed by atoms with Crippen LogP contribution in [-0.2, 0) is 14.4 Å². The maximum atomic E-state index is 12.5. The van der Waals surface area contributed by atoms with Crippen molar-refractivity contribution in [3.8, 4) is 0 Å². The maximum Gasteiger partial charge on any atom is 0.259 e. The fourth-order valence-corrected chi connectivity index (χ4v) is 6.15. The Labute approximate surface area is 155 Å². The molecule has 0 spiro atoms. The molecule has 0 aromatic heterocycles. The molecule has 4 nitrogen and oxygen atoms in total. The van der Waals surface area contributed by atoms with Crippen molar-refractivity contribution in [3.63, 3.8) is 0 Å². The third-order valence-corrected chi connectivity index (χ3v) is 8.45. The molecule has 3 rings (SSSR count). The van der Waals surface area contributed by atoms with Crippen LogP contribution in [0.15, 0.2) is 22.7 Å². The average Bonchev–Trinajstić information content (AvgIpc) is 2.83. The standard InChI is InChI=1S/C12H7Cl6NO3/c1-2-3-22-19-8(20)4-5(9(19)21)11(16)7(14)6(13)10(4,15)12(11,17)18/h2,4-5H,1,3H2/t4-,5+,10-,11-/m1/s1. The molecule has 120 valence electrons. The molecule has 0 radical (unpaired) electrons. The van der Waals surface area contributed by atoms with E-state index >= 15 is 0 Å². The number of carbonyl (C=O) groups is 2. The van der Waals surface area contributed by atoms with Crippen molar-refractivity contribution in [2.75, 3.05) is 6.61 Å². The molecule has 0 aromatic rings. The fourth-order valence-electron chi connectivity index (χ4n) is 3.22. The molecule has 1 heterocycles. The number of halogens is 6. The van der Waals surface area contributed by atoms with E-state index < -0.39 is 37.7 Å². The molecule has 0 N–H and O–H groups in total. The normalized spacial score (nSPS) is 42.4. The largest absolute Gasteiger partial charge is 0.272 e. The molecule has 1 aliphatic heterocycles. The number of carbonyl (C=O) groups excluding carboxylic acids is 2. The van der Waals surface area contributed by atoms with Gasteiger partial charge >= 0.3 is 0 Å². The van der Waals surface area contributed by atoms with Gasteiger partial charge in [0.15, 0.2) is 4.33 Å². The zero-order valence-corrected chi connectivity index (χ0v) is 15.1. The van der Waals surface area contributed by atoms with Crippen LogP contribution in [0, 0.1) is 11.8 Å². The molecule has 10 heteroatoms. The number of imide groups is 1. The minimum Gasteiger partial charge on any atom is -0.272 e. The Bertz CT molecular complexity index is 603. The summed E-state index contributed by atoms with van der Waals surface area (Å²) in [6.45, 7) is 3.39. The molecule has 3 aliphatic rings. The van der Waals surface area contributed by atoms with Gasteiger partial charge in [0.2, 0.25) is 0 Å². The lowest BCUT2D eigenvalue weighted by Gasteiger charge is -2.34. The second kappa shape index (κ2) is 4.92. The highest BCUT2D eigenvalue weighted by molar-refractivity contribution is 6.66. The van der Waals surface area contributed by atoms with E-state index in [2.05, 4.69) is 6.58 Å². The lowest BCUT2D eigenvalue weighted by molar-refractivity contribution is -0.186. The van der Waals surface area contributed by atoms with Crippen LogP contribution in [-0.4, -0.2) is 37.6 Å². The number of hydrogen-bond donors (Lipinski definition) is 0. The number of allylic oxidation sites excluding steroid dienone is 2. The molecule has 1 saturated heterocycles. The van der Waals surface area contributed by atoms with Gasteiger partial charge in [-0.3, -0.25) is 14.4 Å². The molecule has 2 fully saturated rings. The Hall–Kier alpha value is 0.320. The molecule has 1 saturated carbocycles. The van der Waals surface area contributed by atoms with E-state index in [0.29, 0.717) is 5.06 Å². The fraction of sp³-hybridized carbons (Fsp3) is 0.500. The highest BCUT2D eigenvalue weighted by atomic mass is 35.5. The SMILES string of the molecule is C=CCON1C(=O)[C@@H]2[C@H](C1=O)[C@@]1(Cl)C(Cl)=C(Cl)[C@@]2(Cl)C1(Cl)Cl. The monoisotopic (exact) mass is 423 g/mol. The second-order valence-corrected chi connectivity index (χ2v) is 8.41. The van der Waals surface area contributed by atoms with Crippen LogP contribution in [0.25, 0.3) is 0 Å². The third kappa shape index (κ3) is 1.53. The number of nitrogens with zero attached hydrogens (tertiary/aromatic N) is 1. The van der Waals surface area contributed by atoms with Crippen molar-refractivity contribution in [2.45, 2.75) is 14.1 Å². The molecule has 22 heavy (non-hydrogen) atoms. The summed E-state index contributed by atoms with van der Waals surface area (Å²) in [6.07, 6.45) is 1.38. The first-order valence-corrected chi connectivity index (χ1v) is 8.28. The quantitative estimate of drug-likeness (QED) is 0.394. The van der Waals surface area contributed by atoms with Gasteiger partial charge in [-0.2, -0.15) is 5.06 Å². The minimum atomic E-state index is -1.93. The van der Waals surface area contributed by atoms with Gasteiger partial charge in [0.05, 0.1) is 28.5 Å². The number of hydroxylamine groups is 2. The van der Waals surface area contributed by atoms with E-state index in [1.165, 1.54) is 6.08 Å². The van der Waals surface area contributed by atoms with Crippen LogP contribution in [0.1, 0.15) is 0 Å². The molecule has 2 amide bonds. The first-order chi connectivity index (χ1) is 10.1. The number of rotatable bonds is 3. The predicted octanol–water partition coefficient (Wildman–Crippen LogP) is 3.55. The zero-order chi connectivity index (χ0) is 16.7. The number of fused-ring (bicyclic) bond motifs is 5. The lowest BCUT2D eigenvalue weighted by atomic mass is 9.84. The van der Waals surface area contributed by atoms with Crippen molar-refractivity contribution >= 4 is 81.4 Å². The summed E-state index contributed by atoms with van der Waals surface area (Å²) in [5.74, 6) is -3.78. The Morgan fingerprint density at radius 3 is 1.82 bits per heavy atom. The summed E-state index contributed by atoms with van der Waals surface area (Å²) in [5.41, 5.74) is 0. The summed E-state index contributed by atoms with van der Waals surface area (Å²) in [6, 6.07) is 0. The molecule has 2 bridgehead atoms. The zero-order valence-electron chi connectivity index (χ0n) is 10.6. The van der Waals surface area contributed by atoms with E-state index in [-0.39, 0.29) is 16.7 Å². The van der Waals surface area contributed by atoms with E-state index in [4.69, 9.17) is 74.4 Å². The highest BCUT2D eigenvalue weighted by Gasteiger charge is 2.87. The van der Waals surface area contributed by atoms with Gasteiger partial charge in [0, 0.05) is 0 Å². The van der Waals surface area contributed by atoms with Crippen LogP contribution in [0.5, 0.6) is 0 Å². The van der Waals surface area contributed by atoms with Crippen LogP contribution in [0.4, 0.5) is 0 Å². The van der Waals surface area contributed by atoms with Gasteiger partial charge in [0.25, 0.3) is 11.8 Å². The number of alkyl halides is 4. The summed E-state index contributed by atoms with van der Waals surface area (Å²) < 4.78 is -1.93. The molecule has 4 atom stereocenters. The number of amides is 2. The third-order valence-electron chi connectivity index (χ3n) is 4.19. The summed E-state index contributed by atoms with van der Waals surface area (Å²) >= 11 is 37.8. The van der Waals surface area contributed by atoms with Crippen LogP contribution in [0.3, 0.4) is 0 Å². The van der Waals surface area contributed by atoms with Crippen LogP contribution < -0.4 is 0 Å². The smallest absolute Gasteiger partial charge is 0.259 e. The first-order valence-electron chi connectivity index (χ1n) is 6.02. The predicted molar refractivity (Wildman–Crippen MR) is 85.3 cm³/mol. The molecule has 0 unspecified atom stereocenters. The number of hydrogen-bond acceptors (Lipinski definition) is 3. The molecule has 2 aliphatic carbocycles. The van der Waals surface area contributed by atoms with Gasteiger partial charge < -0.3 is 0 Å². The highest BCUT2D eigenvalue weighted by Crippen LogP contribution is 2.77. The maximum absolute atomic E-state index is 12.5. The molecular formula is C12H7Cl6NO3. The van der Waals surface area contributed by atoms with E-state index in [1.807, 2.05) is 0 Å². The van der Waals surface area contributed by atoms with Gasteiger partial charge in [-0.15, -0.1) is 29.8 Å². The van der Waals surface area contributed by atoms with Crippen LogP contribution >= 0.6 is 69.6 Å². The van der Waals surface area contributed by atoms with E-state index in [1.54, 1.807) is 0 Å². The topological polar surface area (TPSA) is 46.6 Å². The Balaban J connectivity index is 2.17.